The minimum absolute atomic E-state index is 0.0783. The highest BCUT2D eigenvalue weighted by Crippen LogP contribution is 2.35. The molecule has 5 rings (SSSR count). The molecular weight excluding hydrogens is 502 g/mol. The monoisotopic (exact) mass is 515 g/mol. The van der Waals surface area contributed by atoms with Crippen LogP contribution in [0.15, 0.2) is 77.7 Å². The Morgan fingerprint density at radius 2 is 1.63 bits per heavy atom. The van der Waals surface area contributed by atoms with Crippen LogP contribution >= 0.6 is 23.2 Å². The van der Waals surface area contributed by atoms with E-state index in [1.54, 1.807) is 36.4 Å². The molecule has 0 aliphatic heterocycles. The number of alkyl halides is 3. The fraction of sp³-hybridized carbons (Fsp3) is 0.0833. The first-order valence-corrected chi connectivity index (χ1v) is 11.0. The van der Waals surface area contributed by atoms with Crippen LogP contribution < -0.4 is 5.69 Å². The van der Waals surface area contributed by atoms with Crippen molar-refractivity contribution >= 4 is 28.8 Å². The Kier molecular flexibility index (Phi) is 5.82. The van der Waals surface area contributed by atoms with Gasteiger partial charge in [0, 0.05) is 22.3 Å². The largest absolute Gasteiger partial charge is 0.433 e. The predicted molar refractivity (Wildman–Crippen MR) is 126 cm³/mol. The van der Waals surface area contributed by atoms with Crippen molar-refractivity contribution in [3.63, 3.8) is 0 Å². The molecule has 11 heteroatoms. The first-order valence-electron chi connectivity index (χ1n) is 10.2. The molecule has 0 unspecified atom stereocenters. The number of pyridine rings is 1. The van der Waals surface area contributed by atoms with Gasteiger partial charge in [0.1, 0.15) is 11.4 Å². The molecule has 0 spiro atoms. The van der Waals surface area contributed by atoms with E-state index in [0.717, 1.165) is 27.0 Å². The van der Waals surface area contributed by atoms with E-state index in [1.807, 2.05) is 18.2 Å². The lowest BCUT2D eigenvalue weighted by Gasteiger charge is -2.11. The molecule has 2 aromatic carbocycles. The second-order valence-corrected chi connectivity index (χ2v) is 8.50. The van der Waals surface area contributed by atoms with Crippen molar-refractivity contribution < 1.29 is 13.2 Å². The highest BCUT2D eigenvalue weighted by Gasteiger charge is 2.32. The van der Waals surface area contributed by atoms with E-state index in [9.17, 15) is 18.0 Å². The molecule has 3 aromatic heterocycles. The van der Waals surface area contributed by atoms with Crippen molar-refractivity contribution in [1.82, 2.24) is 24.4 Å². The molecular formula is C24H14Cl2F3N5O. The molecule has 0 atom stereocenters. The summed E-state index contributed by atoms with van der Waals surface area (Å²) in [4.78, 5) is 16.5. The normalized spacial score (nSPS) is 11.8. The van der Waals surface area contributed by atoms with E-state index in [2.05, 4.69) is 15.2 Å². The van der Waals surface area contributed by atoms with E-state index >= 15 is 0 Å². The third kappa shape index (κ3) is 4.52. The van der Waals surface area contributed by atoms with Crippen LogP contribution in [0.2, 0.25) is 10.0 Å². The summed E-state index contributed by atoms with van der Waals surface area (Å²) < 4.78 is 40.6. The molecule has 6 nitrogen and oxygen atoms in total. The first kappa shape index (κ1) is 23.1. The molecule has 5 aromatic rings. The van der Waals surface area contributed by atoms with Gasteiger partial charge in [-0.3, -0.25) is 4.98 Å². The van der Waals surface area contributed by atoms with E-state index < -0.39 is 17.6 Å². The highest BCUT2D eigenvalue weighted by atomic mass is 35.5. The summed E-state index contributed by atoms with van der Waals surface area (Å²) in [6.45, 7) is -0.0783. The lowest BCUT2D eigenvalue weighted by atomic mass is 10.00. The van der Waals surface area contributed by atoms with Crippen molar-refractivity contribution in [3.8, 4) is 22.4 Å². The average Bonchev–Trinajstić information content (AvgIpc) is 3.13. The number of benzene rings is 2. The van der Waals surface area contributed by atoms with Crippen LogP contribution in [0.5, 0.6) is 0 Å². The predicted octanol–water partition coefficient (Wildman–Crippen LogP) is 5.99. The minimum atomic E-state index is -4.55. The molecule has 3 heterocycles. The quantitative estimate of drug-likeness (QED) is 0.294. The van der Waals surface area contributed by atoms with Crippen LogP contribution in [0, 0.1) is 0 Å². The minimum Gasteiger partial charge on any atom is -0.251 e. The summed E-state index contributed by atoms with van der Waals surface area (Å²) in [5.74, 6) is 0. The molecule has 0 N–H and O–H groups in total. The average molecular weight is 516 g/mol. The Bertz CT molecular complexity index is 1590. The number of hydrogen-bond acceptors (Lipinski definition) is 4. The zero-order valence-corrected chi connectivity index (χ0v) is 19.2. The van der Waals surface area contributed by atoms with Gasteiger partial charge < -0.3 is 0 Å². The van der Waals surface area contributed by atoms with Gasteiger partial charge in [0.25, 0.3) is 0 Å². The Balaban J connectivity index is 1.63. The van der Waals surface area contributed by atoms with Gasteiger partial charge >= 0.3 is 11.9 Å². The van der Waals surface area contributed by atoms with Gasteiger partial charge in [0.05, 0.1) is 11.6 Å². The highest BCUT2D eigenvalue weighted by molar-refractivity contribution is 6.33. The molecule has 0 saturated heterocycles. The van der Waals surface area contributed by atoms with Gasteiger partial charge in [0.15, 0.2) is 5.65 Å². The van der Waals surface area contributed by atoms with E-state index in [4.69, 9.17) is 23.2 Å². The van der Waals surface area contributed by atoms with Crippen LogP contribution in [0.3, 0.4) is 0 Å². The van der Waals surface area contributed by atoms with Crippen LogP contribution in [0.1, 0.15) is 11.3 Å². The van der Waals surface area contributed by atoms with Crippen molar-refractivity contribution in [2.75, 3.05) is 0 Å². The van der Waals surface area contributed by atoms with Crippen LogP contribution in [0.25, 0.3) is 28.0 Å². The standard InChI is InChI=1S/C24H14Cl2F3N5O/c25-16-8-6-15(7-9-16)18-11-21-31-33(13-14-5-10-20(30-12-14)24(27,28)29)23(35)34(21)32-22(18)17-3-1-2-4-19(17)26/h1-12H,13H2. The third-order valence-corrected chi connectivity index (χ3v) is 5.88. The number of hydrogen-bond donors (Lipinski definition) is 0. The molecule has 0 fully saturated rings. The molecule has 0 amide bonds. The molecule has 0 bridgehead atoms. The summed E-state index contributed by atoms with van der Waals surface area (Å²) in [6.07, 6.45) is -3.48. The maximum absolute atomic E-state index is 13.1. The van der Waals surface area contributed by atoms with Gasteiger partial charge in [-0.1, -0.05) is 59.6 Å². The van der Waals surface area contributed by atoms with Crippen molar-refractivity contribution in [2.24, 2.45) is 0 Å². The van der Waals surface area contributed by atoms with Gasteiger partial charge in [-0.25, -0.2) is 9.48 Å². The third-order valence-electron chi connectivity index (χ3n) is 5.30. The summed E-state index contributed by atoms with van der Waals surface area (Å²) in [5.41, 5.74) is 1.61. The number of nitrogens with zero attached hydrogens (tertiary/aromatic N) is 5. The number of halogens is 5. The Morgan fingerprint density at radius 1 is 0.886 bits per heavy atom. The van der Waals surface area contributed by atoms with E-state index in [1.165, 1.54) is 6.07 Å². The summed E-state index contributed by atoms with van der Waals surface area (Å²) in [5, 5.41) is 9.90. The zero-order valence-electron chi connectivity index (χ0n) is 17.7. The maximum Gasteiger partial charge on any atom is 0.433 e. The fourth-order valence-electron chi connectivity index (χ4n) is 3.61. The summed E-state index contributed by atoms with van der Waals surface area (Å²) >= 11 is 12.5. The molecule has 0 aliphatic carbocycles. The van der Waals surface area contributed by atoms with Gasteiger partial charge in [-0.05, 0) is 41.5 Å². The molecule has 0 radical (unpaired) electrons. The maximum atomic E-state index is 13.1. The summed E-state index contributed by atoms with van der Waals surface area (Å²) in [7, 11) is 0. The molecule has 0 aliphatic rings. The number of rotatable bonds is 4. The lowest BCUT2D eigenvalue weighted by molar-refractivity contribution is -0.141. The van der Waals surface area contributed by atoms with E-state index in [-0.39, 0.29) is 12.2 Å². The topological polar surface area (TPSA) is 65.1 Å². The van der Waals surface area contributed by atoms with Gasteiger partial charge in [-0.15, -0.1) is 5.10 Å². The second-order valence-electron chi connectivity index (χ2n) is 7.65. The lowest BCUT2D eigenvalue weighted by Crippen LogP contribution is -2.23. The van der Waals surface area contributed by atoms with Crippen LogP contribution in [0.4, 0.5) is 13.2 Å². The Morgan fingerprint density at radius 3 is 2.29 bits per heavy atom. The summed E-state index contributed by atoms with van der Waals surface area (Å²) in [6, 6.07) is 18.0. The van der Waals surface area contributed by atoms with Crippen molar-refractivity contribution in [2.45, 2.75) is 12.7 Å². The molecule has 0 saturated carbocycles. The van der Waals surface area contributed by atoms with Crippen LogP contribution in [-0.2, 0) is 12.7 Å². The SMILES string of the molecule is O=c1n(Cc2ccc(C(F)(F)F)nc2)nc2cc(-c3ccc(Cl)cc3)c(-c3ccccc3Cl)nn12. The Labute approximate surface area is 206 Å². The van der Waals surface area contributed by atoms with Crippen LogP contribution in [-0.4, -0.2) is 24.4 Å². The van der Waals surface area contributed by atoms with Crippen molar-refractivity contribution in [3.05, 3.63) is 105 Å². The fourth-order valence-corrected chi connectivity index (χ4v) is 3.97. The van der Waals surface area contributed by atoms with E-state index in [0.29, 0.717) is 32.4 Å². The number of aromatic nitrogens is 5. The van der Waals surface area contributed by atoms with Gasteiger partial charge in [-0.2, -0.15) is 22.8 Å². The zero-order chi connectivity index (χ0) is 24.7. The Hall–Kier alpha value is -3.69. The smallest absolute Gasteiger partial charge is 0.251 e. The van der Waals surface area contributed by atoms with Crippen molar-refractivity contribution in [1.29, 1.82) is 0 Å². The molecule has 35 heavy (non-hydrogen) atoms. The van der Waals surface area contributed by atoms with Gasteiger partial charge in [0.2, 0.25) is 0 Å². The second kappa shape index (κ2) is 8.83. The first-order chi connectivity index (χ1) is 16.7. The molecule has 176 valence electrons. The number of fused-ring (bicyclic) bond motifs is 1.